The van der Waals surface area contributed by atoms with E-state index in [9.17, 15) is 9.59 Å². The molecule has 0 heterocycles. The largest absolute Gasteiger partial charge is 0.481 e. The number of carbonyl (C=O) groups excluding carboxylic acids is 1. The van der Waals surface area contributed by atoms with Crippen LogP contribution in [0.4, 0.5) is 4.79 Å². The minimum absolute atomic E-state index is 0.0889. The molecule has 3 N–H and O–H groups in total. The Morgan fingerprint density at radius 3 is 2.33 bits per heavy atom. The molecule has 21 heavy (non-hydrogen) atoms. The molecule has 124 valence electrons. The summed E-state index contributed by atoms with van der Waals surface area (Å²) in [4.78, 5) is 22.6. The highest BCUT2D eigenvalue weighted by molar-refractivity contribution is 5.75. The quantitative estimate of drug-likeness (QED) is 0.570. The van der Waals surface area contributed by atoms with Gasteiger partial charge in [0.05, 0.1) is 6.42 Å². The zero-order valence-electron chi connectivity index (χ0n) is 13.9. The molecule has 2 amide bonds. The van der Waals surface area contributed by atoms with Crippen LogP contribution in [0.1, 0.15) is 47.5 Å². The summed E-state index contributed by atoms with van der Waals surface area (Å²) in [5, 5.41) is 14.3. The van der Waals surface area contributed by atoms with Crippen molar-refractivity contribution in [1.82, 2.24) is 10.6 Å². The van der Waals surface area contributed by atoms with Crippen molar-refractivity contribution in [3.8, 4) is 0 Å². The van der Waals surface area contributed by atoms with Crippen molar-refractivity contribution in [2.24, 2.45) is 11.3 Å². The molecule has 0 aromatic rings. The molecule has 0 rings (SSSR count). The van der Waals surface area contributed by atoms with E-state index >= 15 is 0 Å². The van der Waals surface area contributed by atoms with Gasteiger partial charge in [-0.3, -0.25) is 4.79 Å². The first-order valence-electron chi connectivity index (χ1n) is 7.46. The zero-order chi connectivity index (χ0) is 16.5. The van der Waals surface area contributed by atoms with Gasteiger partial charge in [-0.1, -0.05) is 34.6 Å². The van der Waals surface area contributed by atoms with Crippen molar-refractivity contribution in [2.45, 2.75) is 53.5 Å². The second-order valence-corrected chi connectivity index (χ2v) is 6.74. The van der Waals surface area contributed by atoms with Crippen molar-refractivity contribution in [1.29, 1.82) is 0 Å². The predicted octanol–water partition coefficient (Wildman–Crippen LogP) is 2.24. The van der Waals surface area contributed by atoms with E-state index < -0.39 is 12.0 Å². The summed E-state index contributed by atoms with van der Waals surface area (Å²) in [5.74, 6) is -0.415. The first-order chi connectivity index (χ1) is 9.62. The standard InChI is InChI=1S/C15H30N2O4/c1-11(2)10-21-8-6-7-16-14(20)17-12(9-13(18)19)15(3,4)5/h11-12H,6-10H2,1-5H3,(H,18,19)(H2,16,17,20). The highest BCUT2D eigenvalue weighted by atomic mass is 16.5. The first kappa shape index (κ1) is 19.7. The highest BCUT2D eigenvalue weighted by Crippen LogP contribution is 2.21. The maximum absolute atomic E-state index is 11.8. The van der Waals surface area contributed by atoms with Crippen LogP contribution in [0, 0.1) is 11.3 Å². The average Bonchev–Trinajstić information content (AvgIpc) is 2.30. The fraction of sp³-hybridized carbons (Fsp3) is 0.867. The fourth-order valence-corrected chi connectivity index (χ4v) is 1.65. The lowest BCUT2D eigenvalue weighted by atomic mass is 9.85. The van der Waals surface area contributed by atoms with Gasteiger partial charge in [0.15, 0.2) is 0 Å². The second-order valence-electron chi connectivity index (χ2n) is 6.74. The van der Waals surface area contributed by atoms with E-state index in [4.69, 9.17) is 9.84 Å². The maximum atomic E-state index is 11.8. The molecule has 6 heteroatoms. The third kappa shape index (κ3) is 11.1. The van der Waals surface area contributed by atoms with Gasteiger partial charge in [-0.05, 0) is 17.8 Å². The smallest absolute Gasteiger partial charge is 0.315 e. The Hall–Kier alpha value is -1.30. The summed E-state index contributed by atoms with van der Waals surface area (Å²) in [6, 6.07) is -0.743. The van der Waals surface area contributed by atoms with Gasteiger partial charge in [0, 0.05) is 25.8 Å². The molecule has 0 bridgehead atoms. The van der Waals surface area contributed by atoms with Crippen LogP contribution in [0.15, 0.2) is 0 Å². The SMILES string of the molecule is CC(C)COCCCNC(=O)NC(CC(=O)O)C(C)(C)C. The summed E-state index contributed by atoms with van der Waals surface area (Å²) in [6.45, 7) is 11.7. The maximum Gasteiger partial charge on any atom is 0.315 e. The summed E-state index contributed by atoms with van der Waals surface area (Å²) in [7, 11) is 0. The lowest BCUT2D eigenvalue weighted by Crippen LogP contribution is -2.49. The summed E-state index contributed by atoms with van der Waals surface area (Å²) in [5.41, 5.74) is -0.309. The van der Waals surface area contributed by atoms with Crippen LogP contribution in [-0.2, 0) is 9.53 Å². The van der Waals surface area contributed by atoms with Crippen LogP contribution in [-0.4, -0.2) is 42.9 Å². The van der Waals surface area contributed by atoms with Crippen molar-refractivity contribution in [3.05, 3.63) is 0 Å². The number of nitrogens with one attached hydrogen (secondary N) is 2. The molecule has 0 aromatic heterocycles. The molecular formula is C15H30N2O4. The van der Waals surface area contributed by atoms with Crippen LogP contribution in [0.3, 0.4) is 0 Å². The molecule has 0 aliphatic rings. The van der Waals surface area contributed by atoms with Gasteiger partial charge in [-0.15, -0.1) is 0 Å². The molecule has 6 nitrogen and oxygen atoms in total. The molecule has 1 unspecified atom stereocenters. The molecule has 0 saturated heterocycles. The van der Waals surface area contributed by atoms with E-state index in [2.05, 4.69) is 24.5 Å². The van der Waals surface area contributed by atoms with Gasteiger partial charge < -0.3 is 20.5 Å². The van der Waals surface area contributed by atoms with Crippen LogP contribution in [0.2, 0.25) is 0 Å². The minimum Gasteiger partial charge on any atom is -0.481 e. The number of amides is 2. The number of ether oxygens (including phenoxy) is 1. The third-order valence-corrected chi connectivity index (χ3v) is 2.93. The molecule has 0 fully saturated rings. The molecular weight excluding hydrogens is 272 g/mol. The van der Waals surface area contributed by atoms with Gasteiger partial charge in [0.2, 0.25) is 0 Å². The number of hydrogen-bond donors (Lipinski definition) is 3. The van der Waals surface area contributed by atoms with Crippen molar-refractivity contribution in [2.75, 3.05) is 19.8 Å². The Morgan fingerprint density at radius 1 is 1.24 bits per heavy atom. The van der Waals surface area contributed by atoms with E-state index in [-0.39, 0.29) is 17.9 Å². The van der Waals surface area contributed by atoms with Crippen LogP contribution in [0.25, 0.3) is 0 Å². The number of carboxylic acid groups (broad SMARTS) is 1. The lowest BCUT2D eigenvalue weighted by Gasteiger charge is -2.30. The van der Waals surface area contributed by atoms with Crippen LogP contribution < -0.4 is 10.6 Å². The zero-order valence-corrected chi connectivity index (χ0v) is 13.9. The number of carbonyl (C=O) groups is 2. The van der Waals surface area contributed by atoms with E-state index in [1.165, 1.54) is 0 Å². The number of urea groups is 1. The molecule has 0 spiro atoms. The van der Waals surface area contributed by atoms with E-state index in [0.717, 1.165) is 13.0 Å². The molecule has 0 aliphatic carbocycles. The van der Waals surface area contributed by atoms with Crippen molar-refractivity contribution >= 4 is 12.0 Å². The molecule has 1 atom stereocenters. The summed E-state index contributed by atoms with van der Waals surface area (Å²) >= 11 is 0. The Morgan fingerprint density at radius 2 is 1.86 bits per heavy atom. The van der Waals surface area contributed by atoms with Gasteiger partial charge in [-0.25, -0.2) is 4.79 Å². The number of carboxylic acids is 1. The van der Waals surface area contributed by atoms with Gasteiger partial charge in [0.25, 0.3) is 0 Å². The number of rotatable bonds is 9. The van der Waals surface area contributed by atoms with E-state index in [1.807, 2.05) is 20.8 Å². The Balaban J connectivity index is 3.96. The first-order valence-corrected chi connectivity index (χ1v) is 7.46. The number of aliphatic carboxylic acids is 1. The molecule has 0 radical (unpaired) electrons. The Bertz CT molecular complexity index is 324. The highest BCUT2D eigenvalue weighted by Gasteiger charge is 2.28. The van der Waals surface area contributed by atoms with Crippen molar-refractivity contribution < 1.29 is 19.4 Å². The third-order valence-electron chi connectivity index (χ3n) is 2.93. The number of hydrogen-bond acceptors (Lipinski definition) is 3. The van der Waals surface area contributed by atoms with E-state index in [0.29, 0.717) is 19.1 Å². The second kappa shape index (κ2) is 9.60. The lowest BCUT2D eigenvalue weighted by molar-refractivity contribution is -0.138. The molecule has 0 aromatic carbocycles. The summed E-state index contributed by atoms with van der Waals surface area (Å²) < 4.78 is 5.42. The Labute approximate surface area is 127 Å². The van der Waals surface area contributed by atoms with Gasteiger partial charge in [0.1, 0.15) is 0 Å². The molecule has 0 saturated carbocycles. The molecule has 0 aliphatic heterocycles. The fourth-order valence-electron chi connectivity index (χ4n) is 1.65. The van der Waals surface area contributed by atoms with E-state index in [1.54, 1.807) is 0 Å². The normalized spacial score (nSPS) is 13.0. The minimum atomic E-state index is -0.919. The summed E-state index contributed by atoms with van der Waals surface area (Å²) in [6.07, 6.45) is 0.647. The van der Waals surface area contributed by atoms with Gasteiger partial charge in [-0.2, -0.15) is 0 Å². The predicted molar refractivity (Wildman–Crippen MR) is 82.3 cm³/mol. The van der Waals surface area contributed by atoms with Gasteiger partial charge >= 0.3 is 12.0 Å². The average molecular weight is 302 g/mol. The van der Waals surface area contributed by atoms with Crippen LogP contribution >= 0.6 is 0 Å². The van der Waals surface area contributed by atoms with Crippen LogP contribution in [0.5, 0.6) is 0 Å². The Kier molecular flexibility index (Phi) is 9.01. The monoisotopic (exact) mass is 302 g/mol. The topological polar surface area (TPSA) is 87.7 Å². The van der Waals surface area contributed by atoms with Crippen molar-refractivity contribution in [3.63, 3.8) is 0 Å².